The number of piperidine rings is 1. The molecule has 2 aromatic rings. The maximum Gasteiger partial charge on any atom is 0.244 e. The van der Waals surface area contributed by atoms with Gasteiger partial charge >= 0.3 is 0 Å². The molecule has 31 heavy (non-hydrogen) atoms. The van der Waals surface area contributed by atoms with Gasteiger partial charge in [0.1, 0.15) is 4.90 Å². The molecule has 0 saturated carbocycles. The fraction of sp³-hybridized carbons (Fsp3) is 0.500. The van der Waals surface area contributed by atoms with Crippen LogP contribution in [0.1, 0.15) is 18.4 Å². The Hall–Kier alpha value is -2.36. The first-order valence-electron chi connectivity index (χ1n) is 10.7. The molecule has 9 heteroatoms. The lowest BCUT2D eigenvalue weighted by molar-refractivity contribution is -0.133. The van der Waals surface area contributed by atoms with Crippen molar-refractivity contribution in [3.63, 3.8) is 0 Å². The van der Waals surface area contributed by atoms with Crippen LogP contribution in [-0.4, -0.2) is 77.2 Å². The molecular formula is C22H27N5O3S. The summed E-state index contributed by atoms with van der Waals surface area (Å²) in [5.74, 6) is 0.412. The third-order valence-corrected chi connectivity index (χ3v) is 9.27. The molecule has 3 fully saturated rings. The molecule has 8 nitrogen and oxygen atoms in total. The molecule has 0 N–H and O–H groups in total. The van der Waals surface area contributed by atoms with E-state index in [1.54, 1.807) is 28.8 Å². The number of likely N-dealkylation sites (tertiary alicyclic amines) is 2. The molecule has 3 saturated heterocycles. The molecule has 1 amide bonds. The molecule has 2 aromatic heterocycles. The monoisotopic (exact) mass is 441 g/mol. The second-order valence-electron chi connectivity index (χ2n) is 8.86. The van der Waals surface area contributed by atoms with Gasteiger partial charge in [0, 0.05) is 76.0 Å². The molecule has 5 heterocycles. The highest BCUT2D eigenvalue weighted by atomic mass is 32.2. The van der Waals surface area contributed by atoms with E-state index in [4.69, 9.17) is 0 Å². The van der Waals surface area contributed by atoms with Crippen molar-refractivity contribution in [1.29, 1.82) is 0 Å². The number of aromatic nitrogens is 2. The predicted octanol–water partition coefficient (Wildman–Crippen LogP) is 1.22. The van der Waals surface area contributed by atoms with E-state index < -0.39 is 10.0 Å². The molecule has 0 aromatic carbocycles. The SMILES string of the molecule is CN1C(=O)[C@@H]2CN(Cc3cccnc3)C[C@@H]2C12CCN(S(=O)(=O)c1cccnc1)CC2. The Kier molecular flexibility index (Phi) is 5.07. The molecule has 3 aliphatic rings. The van der Waals surface area contributed by atoms with Crippen LogP contribution in [0.5, 0.6) is 0 Å². The van der Waals surface area contributed by atoms with Crippen molar-refractivity contribution in [2.75, 3.05) is 33.2 Å². The fourth-order valence-corrected chi connectivity index (χ4v) is 7.15. The number of sulfonamides is 1. The standard InChI is InChI=1S/C22H27N5O3S/c1-25-21(28)19-15-26(14-17-4-2-8-23-12-17)16-20(19)22(25)6-10-27(11-7-22)31(29,30)18-5-3-9-24-13-18/h2-5,8-9,12-13,19-20H,6-7,10-11,14-16H2,1H3/t19-,20+/m1/s1. The average Bonchev–Trinajstić information content (AvgIpc) is 3.30. The van der Waals surface area contributed by atoms with Crippen LogP contribution in [0, 0.1) is 11.8 Å². The number of hydrogen-bond donors (Lipinski definition) is 0. The second-order valence-corrected chi connectivity index (χ2v) is 10.8. The van der Waals surface area contributed by atoms with Crippen LogP contribution in [0.25, 0.3) is 0 Å². The number of nitrogens with zero attached hydrogens (tertiary/aromatic N) is 5. The summed E-state index contributed by atoms with van der Waals surface area (Å²) in [4.78, 5) is 25.8. The van der Waals surface area contributed by atoms with Gasteiger partial charge in [-0.3, -0.25) is 19.7 Å². The molecule has 5 rings (SSSR count). The molecule has 0 unspecified atom stereocenters. The molecule has 0 aliphatic carbocycles. The van der Waals surface area contributed by atoms with Crippen LogP contribution in [-0.2, 0) is 21.4 Å². The molecule has 164 valence electrons. The number of amides is 1. The van der Waals surface area contributed by atoms with E-state index in [1.807, 2.05) is 24.2 Å². The van der Waals surface area contributed by atoms with Crippen molar-refractivity contribution >= 4 is 15.9 Å². The summed E-state index contributed by atoms with van der Waals surface area (Å²) in [5.41, 5.74) is 0.876. The molecule has 2 atom stereocenters. The van der Waals surface area contributed by atoms with E-state index in [9.17, 15) is 13.2 Å². The first-order valence-corrected chi connectivity index (χ1v) is 12.1. The van der Waals surface area contributed by atoms with E-state index in [2.05, 4.69) is 20.9 Å². The van der Waals surface area contributed by atoms with Crippen molar-refractivity contribution < 1.29 is 13.2 Å². The Balaban J connectivity index is 1.33. The normalized spacial score (nSPS) is 26.5. The van der Waals surface area contributed by atoms with Crippen LogP contribution in [0.4, 0.5) is 0 Å². The van der Waals surface area contributed by atoms with Crippen LogP contribution in [0.3, 0.4) is 0 Å². The van der Waals surface area contributed by atoms with E-state index in [0.717, 1.165) is 25.2 Å². The fourth-order valence-electron chi connectivity index (χ4n) is 5.74. The number of pyridine rings is 2. The van der Waals surface area contributed by atoms with Gasteiger partial charge in [0.05, 0.1) is 5.92 Å². The number of rotatable bonds is 4. The molecule has 3 aliphatic heterocycles. The topological polar surface area (TPSA) is 86.7 Å². The Morgan fingerprint density at radius 3 is 2.42 bits per heavy atom. The number of hydrogen-bond acceptors (Lipinski definition) is 6. The van der Waals surface area contributed by atoms with Gasteiger partial charge in [-0.25, -0.2) is 8.42 Å². The van der Waals surface area contributed by atoms with Gasteiger partial charge in [-0.2, -0.15) is 4.31 Å². The van der Waals surface area contributed by atoms with Crippen molar-refractivity contribution in [3.05, 3.63) is 54.6 Å². The minimum absolute atomic E-state index is 0.0110. The lowest BCUT2D eigenvalue weighted by Crippen LogP contribution is -2.56. The number of fused-ring (bicyclic) bond motifs is 2. The Morgan fingerprint density at radius 1 is 1.06 bits per heavy atom. The highest BCUT2D eigenvalue weighted by Gasteiger charge is 2.60. The van der Waals surface area contributed by atoms with Crippen molar-refractivity contribution in [3.8, 4) is 0 Å². The zero-order valence-corrected chi connectivity index (χ0v) is 18.4. The highest BCUT2D eigenvalue weighted by Crippen LogP contribution is 2.49. The summed E-state index contributed by atoms with van der Waals surface area (Å²) in [6, 6.07) is 7.22. The third-order valence-electron chi connectivity index (χ3n) is 7.39. The predicted molar refractivity (Wildman–Crippen MR) is 114 cm³/mol. The first kappa shape index (κ1) is 20.5. The smallest absolute Gasteiger partial charge is 0.244 e. The second kappa shape index (κ2) is 7.65. The zero-order valence-electron chi connectivity index (χ0n) is 17.6. The minimum atomic E-state index is -3.56. The summed E-state index contributed by atoms with van der Waals surface area (Å²) >= 11 is 0. The lowest BCUT2D eigenvalue weighted by atomic mass is 9.75. The Labute approximate surface area is 182 Å². The van der Waals surface area contributed by atoms with Gasteiger partial charge in [-0.15, -0.1) is 0 Å². The van der Waals surface area contributed by atoms with Gasteiger partial charge in [0.15, 0.2) is 0 Å². The Morgan fingerprint density at radius 2 is 1.77 bits per heavy atom. The molecule has 1 spiro atoms. The van der Waals surface area contributed by atoms with Crippen molar-refractivity contribution in [2.24, 2.45) is 11.8 Å². The molecule has 0 radical (unpaired) electrons. The summed E-state index contributed by atoms with van der Waals surface area (Å²) in [7, 11) is -1.66. The minimum Gasteiger partial charge on any atom is -0.339 e. The van der Waals surface area contributed by atoms with Gasteiger partial charge < -0.3 is 4.90 Å². The largest absolute Gasteiger partial charge is 0.339 e. The quantitative estimate of drug-likeness (QED) is 0.709. The number of carbonyl (C=O) groups is 1. The maximum absolute atomic E-state index is 13.1. The van der Waals surface area contributed by atoms with E-state index in [0.29, 0.717) is 25.9 Å². The van der Waals surface area contributed by atoms with Crippen molar-refractivity contribution in [1.82, 2.24) is 24.1 Å². The summed E-state index contributed by atoms with van der Waals surface area (Å²) < 4.78 is 27.6. The van der Waals surface area contributed by atoms with Crippen LogP contribution in [0.2, 0.25) is 0 Å². The van der Waals surface area contributed by atoms with Gasteiger partial charge in [0.2, 0.25) is 15.9 Å². The van der Waals surface area contributed by atoms with Gasteiger partial charge in [0.25, 0.3) is 0 Å². The lowest BCUT2D eigenvalue weighted by Gasteiger charge is -2.46. The van der Waals surface area contributed by atoms with Crippen LogP contribution >= 0.6 is 0 Å². The van der Waals surface area contributed by atoms with Crippen LogP contribution in [0.15, 0.2) is 53.9 Å². The van der Waals surface area contributed by atoms with E-state index in [-0.39, 0.29) is 28.2 Å². The average molecular weight is 442 g/mol. The van der Waals surface area contributed by atoms with E-state index in [1.165, 1.54) is 6.20 Å². The summed E-state index contributed by atoms with van der Waals surface area (Å²) in [6.07, 6.45) is 7.94. The Bertz CT molecular complexity index is 1060. The third kappa shape index (κ3) is 3.35. The van der Waals surface area contributed by atoms with Crippen molar-refractivity contribution in [2.45, 2.75) is 29.8 Å². The maximum atomic E-state index is 13.1. The number of carbonyl (C=O) groups excluding carboxylic acids is 1. The zero-order chi connectivity index (χ0) is 21.6. The van der Waals surface area contributed by atoms with Gasteiger partial charge in [-0.1, -0.05) is 6.07 Å². The highest BCUT2D eigenvalue weighted by molar-refractivity contribution is 7.89. The summed E-state index contributed by atoms with van der Waals surface area (Å²) in [6.45, 7) is 3.23. The first-order chi connectivity index (χ1) is 14.9. The molecule has 0 bridgehead atoms. The van der Waals surface area contributed by atoms with Crippen LogP contribution < -0.4 is 0 Å². The summed E-state index contributed by atoms with van der Waals surface area (Å²) in [5, 5.41) is 0. The molecular weight excluding hydrogens is 414 g/mol. The van der Waals surface area contributed by atoms with Gasteiger partial charge in [-0.05, 0) is 36.6 Å². The van der Waals surface area contributed by atoms with E-state index >= 15 is 0 Å².